The summed E-state index contributed by atoms with van der Waals surface area (Å²) >= 11 is 0. The van der Waals surface area contributed by atoms with E-state index in [0.29, 0.717) is 18.1 Å². The van der Waals surface area contributed by atoms with Crippen LogP contribution in [0.5, 0.6) is 0 Å². The first-order chi connectivity index (χ1) is 7.67. The van der Waals surface area contributed by atoms with Gasteiger partial charge in [0.2, 0.25) is 0 Å². The third-order valence-corrected chi connectivity index (χ3v) is 2.57. The van der Waals surface area contributed by atoms with E-state index in [1.165, 1.54) is 0 Å². The number of hydrogen-bond acceptors (Lipinski definition) is 3. The average molecular weight is 222 g/mol. The Morgan fingerprint density at radius 2 is 2.00 bits per heavy atom. The van der Waals surface area contributed by atoms with Crippen LogP contribution in [-0.2, 0) is 11.3 Å². The highest BCUT2D eigenvalue weighted by Crippen LogP contribution is 2.08. The summed E-state index contributed by atoms with van der Waals surface area (Å²) in [6, 6.07) is 6.79. The molecule has 1 rings (SSSR count). The Bertz CT molecular complexity index is 330. The van der Waals surface area contributed by atoms with Crippen molar-refractivity contribution in [2.24, 2.45) is 5.92 Å². The molecular formula is C13H18O3. The van der Waals surface area contributed by atoms with Crippen LogP contribution in [-0.4, -0.2) is 17.7 Å². The molecule has 0 saturated heterocycles. The highest BCUT2D eigenvalue weighted by atomic mass is 16.5. The predicted molar refractivity (Wildman–Crippen MR) is 62.1 cm³/mol. The van der Waals surface area contributed by atoms with Crippen molar-refractivity contribution >= 4 is 5.97 Å². The fourth-order valence-corrected chi connectivity index (χ4v) is 1.17. The van der Waals surface area contributed by atoms with Gasteiger partial charge >= 0.3 is 5.97 Å². The lowest BCUT2D eigenvalue weighted by molar-refractivity contribution is 0.0447. The van der Waals surface area contributed by atoms with Crippen molar-refractivity contribution < 1.29 is 14.6 Å². The summed E-state index contributed by atoms with van der Waals surface area (Å²) in [6.07, 6.45) is 0.997. The zero-order valence-corrected chi connectivity index (χ0v) is 9.77. The summed E-state index contributed by atoms with van der Waals surface area (Å²) in [5, 5.41) is 8.86. The number of carbonyl (C=O) groups excluding carboxylic acids is 1. The number of esters is 1. The zero-order chi connectivity index (χ0) is 12.0. The minimum Gasteiger partial charge on any atom is -0.462 e. The van der Waals surface area contributed by atoms with Gasteiger partial charge in [-0.2, -0.15) is 0 Å². The molecule has 16 heavy (non-hydrogen) atoms. The van der Waals surface area contributed by atoms with E-state index in [9.17, 15) is 4.79 Å². The van der Waals surface area contributed by atoms with Crippen LogP contribution < -0.4 is 0 Å². The van der Waals surface area contributed by atoms with E-state index < -0.39 is 0 Å². The van der Waals surface area contributed by atoms with Gasteiger partial charge in [-0.1, -0.05) is 32.4 Å². The van der Waals surface area contributed by atoms with Crippen LogP contribution in [0.1, 0.15) is 36.2 Å². The summed E-state index contributed by atoms with van der Waals surface area (Å²) in [5.74, 6) is 0.0884. The monoisotopic (exact) mass is 222 g/mol. The minimum absolute atomic E-state index is 0.0117. The number of benzene rings is 1. The fourth-order valence-electron chi connectivity index (χ4n) is 1.17. The second-order valence-corrected chi connectivity index (χ2v) is 3.97. The first-order valence-electron chi connectivity index (χ1n) is 5.54. The molecule has 3 nitrogen and oxygen atoms in total. The highest BCUT2D eigenvalue weighted by Gasteiger charge is 2.08. The number of carbonyl (C=O) groups is 1. The molecule has 0 spiro atoms. The van der Waals surface area contributed by atoms with E-state index >= 15 is 0 Å². The Hall–Kier alpha value is -1.35. The van der Waals surface area contributed by atoms with E-state index in [-0.39, 0.29) is 12.6 Å². The lowest BCUT2D eigenvalue weighted by Crippen LogP contribution is -2.11. The van der Waals surface area contributed by atoms with Gasteiger partial charge in [0.1, 0.15) is 0 Å². The lowest BCUT2D eigenvalue weighted by atomic mass is 10.1. The summed E-state index contributed by atoms with van der Waals surface area (Å²) in [6.45, 7) is 4.55. The van der Waals surface area contributed by atoms with Crippen molar-refractivity contribution in [2.45, 2.75) is 26.9 Å². The highest BCUT2D eigenvalue weighted by molar-refractivity contribution is 5.89. The van der Waals surface area contributed by atoms with Gasteiger partial charge in [-0.25, -0.2) is 4.79 Å². The third-order valence-electron chi connectivity index (χ3n) is 2.57. The van der Waals surface area contributed by atoms with Gasteiger partial charge in [0.15, 0.2) is 0 Å². The van der Waals surface area contributed by atoms with E-state index in [1.54, 1.807) is 24.3 Å². The van der Waals surface area contributed by atoms with Crippen molar-refractivity contribution in [1.29, 1.82) is 0 Å². The molecule has 1 aromatic carbocycles. The predicted octanol–water partition coefficient (Wildman–Crippen LogP) is 2.38. The standard InChI is InChI=1S/C13H18O3/c1-3-10(2)9-16-13(15)12-6-4-11(8-14)5-7-12/h4-7,10,14H,3,8-9H2,1-2H3. The van der Waals surface area contributed by atoms with Crippen molar-refractivity contribution in [3.63, 3.8) is 0 Å². The summed E-state index contributed by atoms with van der Waals surface area (Å²) in [7, 11) is 0. The molecule has 0 amide bonds. The first-order valence-corrected chi connectivity index (χ1v) is 5.54. The Kier molecular flexibility index (Phi) is 4.99. The van der Waals surface area contributed by atoms with Gasteiger partial charge in [-0.3, -0.25) is 0 Å². The normalized spacial score (nSPS) is 12.2. The van der Waals surface area contributed by atoms with Crippen LogP contribution in [0.15, 0.2) is 24.3 Å². The Labute approximate surface area is 96.1 Å². The summed E-state index contributed by atoms with van der Waals surface area (Å²) in [4.78, 5) is 11.6. The van der Waals surface area contributed by atoms with Crippen molar-refractivity contribution in [2.75, 3.05) is 6.61 Å². The number of rotatable bonds is 5. The molecule has 1 atom stereocenters. The van der Waals surface area contributed by atoms with Gasteiger partial charge in [0.25, 0.3) is 0 Å². The van der Waals surface area contributed by atoms with Crippen molar-refractivity contribution in [3.05, 3.63) is 35.4 Å². The molecule has 0 aliphatic carbocycles. The van der Waals surface area contributed by atoms with Gasteiger partial charge in [0, 0.05) is 0 Å². The second-order valence-electron chi connectivity index (χ2n) is 3.97. The Morgan fingerprint density at radius 1 is 1.38 bits per heavy atom. The molecule has 0 fully saturated rings. The van der Waals surface area contributed by atoms with Crippen LogP contribution in [0.2, 0.25) is 0 Å². The number of ether oxygens (including phenoxy) is 1. The smallest absolute Gasteiger partial charge is 0.338 e. The quantitative estimate of drug-likeness (QED) is 0.778. The third kappa shape index (κ3) is 3.66. The van der Waals surface area contributed by atoms with E-state index in [4.69, 9.17) is 9.84 Å². The number of aliphatic hydroxyl groups excluding tert-OH is 1. The number of aliphatic hydroxyl groups is 1. The Morgan fingerprint density at radius 3 is 2.50 bits per heavy atom. The molecule has 1 unspecified atom stereocenters. The molecule has 0 aromatic heterocycles. The maximum Gasteiger partial charge on any atom is 0.338 e. The molecule has 0 aliphatic rings. The van der Waals surface area contributed by atoms with Gasteiger partial charge in [-0.05, 0) is 23.6 Å². The van der Waals surface area contributed by atoms with Crippen LogP contribution in [0.25, 0.3) is 0 Å². The molecule has 1 N–H and O–H groups in total. The van der Waals surface area contributed by atoms with Gasteiger partial charge < -0.3 is 9.84 Å². The zero-order valence-electron chi connectivity index (χ0n) is 9.77. The minimum atomic E-state index is -0.301. The van der Waals surface area contributed by atoms with Crippen LogP contribution in [0.3, 0.4) is 0 Å². The van der Waals surface area contributed by atoms with Crippen LogP contribution in [0, 0.1) is 5.92 Å². The SMILES string of the molecule is CCC(C)COC(=O)c1ccc(CO)cc1. The molecule has 0 heterocycles. The molecule has 0 bridgehead atoms. The average Bonchev–Trinajstić information content (AvgIpc) is 2.35. The maximum atomic E-state index is 11.6. The lowest BCUT2D eigenvalue weighted by Gasteiger charge is -2.09. The first kappa shape index (κ1) is 12.7. The van der Waals surface area contributed by atoms with Gasteiger partial charge in [-0.15, -0.1) is 0 Å². The molecule has 1 aromatic rings. The topological polar surface area (TPSA) is 46.5 Å². The maximum absolute atomic E-state index is 11.6. The second kappa shape index (κ2) is 6.28. The van der Waals surface area contributed by atoms with E-state index in [0.717, 1.165) is 12.0 Å². The molecule has 0 saturated carbocycles. The summed E-state index contributed by atoms with van der Waals surface area (Å²) < 4.78 is 5.15. The van der Waals surface area contributed by atoms with Crippen molar-refractivity contribution in [3.8, 4) is 0 Å². The molecule has 0 radical (unpaired) electrons. The largest absolute Gasteiger partial charge is 0.462 e. The molecule has 3 heteroatoms. The molecule has 0 aliphatic heterocycles. The molecular weight excluding hydrogens is 204 g/mol. The van der Waals surface area contributed by atoms with Crippen LogP contribution >= 0.6 is 0 Å². The molecule has 88 valence electrons. The van der Waals surface area contributed by atoms with E-state index in [1.807, 2.05) is 6.92 Å². The van der Waals surface area contributed by atoms with E-state index in [2.05, 4.69) is 6.92 Å². The summed E-state index contributed by atoms with van der Waals surface area (Å²) in [5.41, 5.74) is 1.32. The van der Waals surface area contributed by atoms with Gasteiger partial charge in [0.05, 0.1) is 18.8 Å². The van der Waals surface area contributed by atoms with Crippen molar-refractivity contribution in [1.82, 2.24) is 0 Å². The number of hydrogen-bond donors (Lipinski definition) is 1. The Balaban J connectivity index is 2.52. The fraction of sp³-hybridized carbons (Fsp3) is 0.462. The van der Waals surface area contributed by atoms with Crippen LogP contribution in [0.4, 0.5) is 0 Å².